The second-order valence-electron chi connectivity index (χ2n) is 3.87. The van der Waals surface area contributed by atoms with Crippen LogP contribution in [-0.2, 0) is 21.3 Å². The Morgan fingerprint density at radius 1 is 1.05 bits per heavy atom. The first-order valence-corrected chi connectivity index (χ1v) is 9.02. The molecule has 120 valence electrons. The average Bonchev–Trinajstić information content (AvgIpc) is 3.22. The first-order chi connectivity index (χ1) is 10.6. The van der Waals surface area contributed by atoms with Gasteiger partial charge in [0.15, 0.2) is 0 Å². The van der Waals surface area contributed by atoms with Gasteiger partial charge in [-0.25, -0.2) is 9.59 Å². The van der Waals surface area contributed by atoms with E-state index in [1.54, 1.807) is 0 Å². The van der Waals surface area contributed by atoms with Crippen LogP contribution in [-0.4, -0.2) is 26.2 Å². The molecule has 0 fully saturated rings. The highest BCUT2D eigenvalue weighted by molar-refractivity contribution is 9.08. The number of carbonyl (C=O) groups is 2. The summed E-state index contributed by atoms with van der Waals surface area (Å²) in [4.78, 5) is 23.3. The summed E-state index contributed by atoms with van der Waals surface area (Å²) >= 11 is 6.04. The van der Waals surface area contributed by atoms with Crippen LogP contribution in [0.15, 0.2) is 22.9 Å². The number of hydrogen-bond donors (Lipinski definition) is 1. The Bertz CT molecular complexity index is 570. The van der Waals surface area contributed by atoms with Crippen LogP contribution in [0, 0.1) is 0 Å². The summed E-state index contributed by atoms with van der Waals surface area (Å²) in [6.45, 7) is 0.383. The predicted molar refractivity (Wildman–Crippen MR) is 91.8 cm³/mol. The molecule has 2 heterocycles. The van der Waals surface area contributed by atoms with Gasteiger partial charge >= 0.3 is 11.9 Å². The van der Waals surface area contributed by atoms with Crippen LogP contribution in [0.1, 0.15) is 30.5 Å². The highest BCUT2D eigenvalue weighted by Crippen LogP contribution is 2.20. The number of rotatable bonds is 4. The Labute approximate surface area is 145 Å². The molecule has 2 aromatic rings. The molecule has 0 spiro atoms. The van der Waals surface area contributed by atoms with E-state index >= 15 is 0 Å². The summed E-state index contributed by atoms with van der Waals surface area (Å²) in [6, 6.07) is 3.74. The number of esters is 2. The van der Waals surface area contributed by atoms with Gasteiger partial charge in [-0.2, -0.15) is 0 Å². The van der Waals surface area contributed by atoms with Gasteiger partial charge < -0.3 is 15.2 Å². The minimum Gasteiger partial charge on any atom is -0.465 e. The number of alkyl halides is 1. The number of hydrogen-bond acceptors (Lipinski definition) is 7. The lowest BCUT2D eigenvalue weighted by molar-refractivity contribution is 0.0596. The number of ether oxygens (including phenoxy) is 2. The average molecular weight is 406 g/mol. The van der Waals surface area contributed by atoms with Crippen molar-refractivity contribution in [1.82, 2.24) is 0 Å². The largest absolute Gasteiger partial charge is 0.465 e. The van der Waals surface area contributed by atoms with Gasteiger partial charge in [-0.1, -0.05) is 15.9 Å². The molecule has 22 heavy (non-hydrogen) atoms. The zero-order valence-electron chi connectivity index (χ0n) is 12.1. The van der Waals surface area contributed by atoms with Gasteiger partial charge in [0.1, 0.15) is 9.75 Å². The van der Waals surface area contributed by atoms with E-state index in [0.717, 1.165) is 11.1 Å². The molecular weight excluding hydrogens is 390 g/mol. The monoisotopic (exact) mass is 405 g/mol. The maximum Gasteiger partial charge on any atom is 0.348 e. The van der Waals surface area contributed by atoms with Gasteiger partial charge in [-0.15, -0.1) is 22.7 Å². The summed E-state index contributed by atoms with van der Waals surface area (Å²) in [7, 11) is 2.75. The summed E-state index contributed by atoms with van der Waals surface area (Å²) < 4.78 is 9.14. The first-order valence-electron chi connectivity index (χ1n) is 6.14. The maximum atomic E-state index is 11.0. The Morgan fingerprint density at radius 3 is 1.91 bits per heavy atom. The quantitative estimate of drug-likeness (QED) is 0.622. The maximum absolute atomic E-state index is 11.0. The molecule has 0 saturated heterocycles. The molecular formula is C14H16BrNO4S2. The molecule has 2 aromatic heterocycles. The summed E-state index contributed by atoms with van der Waals surface area (Å²) in [5.41, 5.74) is 7.22. The zero-order chi connectivity index (χ0) is 16.5. The van der Waals surface area contributed by atoms with Gasteiger partial charge in [0.25, 0.3) is 0 Å². The fraction of sp³-hybridized carbons (Fsp3) is 0.286. The Morgan fingerprint density at radius 2 is 1.50 bits per heavy atom. The van der Waals surface area contributed by atoms with Crippen LogP contribution in [0.5, 0.6) is 0 Å². The molecule has 0 aliphatic rings. The van der Waals surface area contributed by atoms with Gasteiger partial charge in [-0.3, -0.25) is 0 Å². The van der Waals surface area contributed by atoms with E-state index in [0.29, 0.717) is 21.6 Å². The van der Waals surface area contributed by atoms with E-state index in [1.807, 2.05) is 22.9 Å². The number of carbonyl (C=O) groups excluding carboxylic acids is 2. The molecule has 0 unspecified atom stereocenters. The summed E-state index contributed by atoms with van der Waals surface area (Å²) in [5.74, 6) is -0.560. The Balaban J connectivity index is 0.000000220. The molecule has 0 radical (unpaired) electrons. The lowest BCUT2D eigenvalue weighted by atomic mass is 10.2. The fourth-order valence-corrected chi connectivity index (χ4v) is 3.82. The van der Waals surface area contributed by atoms with Crippen molar-refractivity contribution in [3.63, 3.8) is 0 Å². The van der Waals surface area contributed by atoms with Crippen LogP contribution in [0.2, 0.25) is 0 Å². The molecule has 0 amide bonds. The van der Waals surface area contributed by atoms with Crippen molar-refractivity contribution in [3.05, 3.63) is 43.8 Å². The standard InChI is InChI=1S/C7H7BrO2S.C7H9NO2S/c2*1-10-7(9)6-5(4-8)2-3-11-6/h2-3H,4H2,1H3;2-3H,4,8H2,1H3. The third-order valence-corrected chi connectivity index (χ3v) is 5.08. The second-order valence-corrected chi connectivity index (χ2v) is 6.26. The van der Waals surface area contributed by atoms with E-state index in [1.165, 1.54) is 36.9 Å². The van der Waals surface area contributed by atoms with Crippen LogP contribution in [0.4, 0.5) is 0 Å². The van der Waals surface area contributed by atoms with Crippen LogP contribution in [0.25, 0.3) is 0 Å². The number of halogens is 1. The van der Waals surface area contributed by atoms with Crippen molar-refractivity contribution >= 4 is 50.5 Å². The number of methoxy groups -OCH3 is 2. The normalized spacial score (nSPS) is 9.64. The third kappa shape index (κ3) is 4.91. The summed E-state index contributed by atoms with van der Waals surface area (Å²) in [6.07, 6.45) is 0. The van der Waals surface area contributed by atoms with Crippen LogP contribution >= 0.6 is 38.6 Å². The smallest absolute Gasteiger partial charge is 0.348 e. The van der Waals surface area contributed by atoms with Crippen molar-refractivity contribution in [3.8, 4) is 0 Å². The molecule has 0 aliphatic heterocycles. The molecule has 0 atom stereocenters. The van der Waals surface area contributed by atoms with Crippen molar-refractivity contribution in [1.29, 1.82) is 0 Å². The van der Waals surface area contributed by atoms with Gasteiger partial charge in [0.05, 0.1) is 14.2 Å². The lowest BCUT2D eigenvalue weighted by Gasteiger charge is -1.97. The first kappa shape index (κ1) is 18.8. The molecule has 0 bridgehead atoms. The summed E-state index contributed by atoms with van der Waals surface area (Å²) in [5, 5.41) is 4.40. The van der Waals surface area contributed by atoms with Crippen LogP contribution in [0.3, 0.4) is 0 Å². The highest BCUT2D eigenvalue weighted by atomic mass is 79.9. The van der Waals surface area contributed by atoms with E-state index in [2.05, 4.69) is 25.4 Å². The molecule has 0 aromatic carbocycles. The Kier molecular flexibility index (Phi) is 8.32. The van der Waals surface area contributed by atoms with Gasteiger partial charge in [0.2, 0.25) is 0 Å². The SMILES string of the molecule is COC(=O)c1sccc1CBr.COC(=O)c1sccc1CN. The topological polar surface area (TPSA) is 78.6 Å². The molecule has 2 N–H and O–H groups in total. The van der Waals surface area contributed by atoms with Gasteiger partial charge in [-0.05, 0) is 34.0 Å². The predicted octanol–water partition coefficient (Wildman–Crippen LogP) is 3.42. The molecule has 5 nitrogen and oxygen atoms in total. The number of thiophene rings is 2. The van der Waals surface area contributed by atoms with Crippen molar-refractivity contribution in [2.75, 3.05) is 14.2 Å². The third-order valence-electron chi connectivity index (χ3n) is 2.60. The molecule has 0 saturated carbocycles. The fourth-order valence-electron chi connectivity index (χ4n) is 1.48. The minimum atomic E-state index is -0.305. The lowest BCUT2D eigenvalue weighted by Crippen LogP contribution is -2.05. The molecule has 2 rings (SSSR count). The van der Waals surface area contributed by atoms with E-state index in [-0.39, 0.29) is 11.9 Å². The second kappa shape index (κ2) is 9.73. The van der Waals surface area contributed by atoms with Gasteiger partial charge in [0, 0.05) is 11.9 Å². The minimum absolute atomic E-state index is 0.255. The highest BCUT2D eigenvalue weighted by Gasteiger charge is 2.12. The zero-order valence-corrected chi connectivity index (χ0v) is 15.3. The molecule has 8 heteroatoms. The van der Waals surface area contributed by atoms with E-state index in [4.69, 9.17) is 5.73 Å². The Hall–Kier alpha value is -1.22. The van der Waals surface area contributed by atoms with Crippen LogP contribution < -0.4 is 5.73 Å². The van der Waals surface area contributed by atoms with Crippen molar-refractivity contribution < 1.29 is 19.1 Å². The number of nitrogens with two attached hydrogens (primary N) is 1. The van der Waals surface area contributed by atoms with Crippen molar-refractivity contribution in [2.45, 2.75) is 11.9 Å². The molecule has 0 aliphatic carbocycles. The van der Waals surface area contributed by atoms with E-state index < -0.39 is 0 Å². The van der Waals surface area contributed by atoms with E-state index in [9.17, 15) is 9.59 Å². The van der Waals surface area contributed by atoms with Crippen molar-refractivity contribution in [2.24, 2.45) is 5.73 Å².